The summed E-state index contributed by atoms with van der Waals surface area (Å²) < 4.78 is 23.1. The first-order valence-electron chi connectivity index (χ1n) is 8.69. The molecule has 1 aromatic heterocycles. The van der Waals surface area contributed by atoms with Crippen molar-refractivity contribution in [3.8, 4) is 0 Å². The van der Waals surface area contributed by atoms with Gasteiger partial charge in [-0.3, -0.25) is 9.78 Å². The van der Waals surface area contributed by atoms with Gasteiger partial charge in [0.2, 0.25) is 0 Å². The molecule has 7 heteroatoms. The van der Waals surface area contributed by atoms with Crippen LogP contribution in [0.25, 0.3) is 0 Å². The Kier molecular flexibility index (Phi) is 5.27. The van der Waals surface area contributed by atoms with Gasteiger partial charge in [-0.05, 0) is 50.1 Å². The molecular weight excluding hydrogens is 350 g/mol. The molecule has 2 aromatic rings. The fourth-order valence-corrected chi connectivity index (χ4v) is 4.86. The van der Waals surface area contributed by atoms with Gasteiger partial charge < -0.3 is 10.2 Å². The fraction of sp³-hybridized carbons (Fsp3) is 0.368. The molecule has 0 aliphatic carbocycles. The van der Waals surface area contributed by atoms with Crippen LogP contribution in [0.2, 0.25) is 0 Å². The molecule has 0 bridgehead atoms. The molecule has 0 radical (unpaired) electrons. The Labute approximate surface area is 154 Å². The van der Waals surface area contributed by atoms with E-state index in [0.29, 0.717) is 6.42 Å². The summed E-state index contributed by atoms with van der Waals surface area (Å²) in [5.74, 6) is -0.209. The summed E-state index contributed by atoms with van der Waals surface area (Å²) in [5.41, 5.74) is 3.37. The Balaban J connectivity index is 1.80. The van der Waals surface area contributed by atoms with Crippen molar-refractivity contribution in [3.63, 3.8) is 0 Å². The smallest absolute Gasteiger partial charge is 0.270 e. The quantitative estimate of drug-likeness (QED) is 0.871. The SMILES string of the molecule is CCN(c1cccc(C)c1)c1ccnc(C(=O)NC2CCS(=O)(=O)C2)c1. The number of carbonyl (C=O) groups is 1. The second-order valence-corrected chi connectivity index (χ2v) is 8.78. The van der Waals surface area contributed by atoms with Crippen LogP contribution in [0.15, 0.2) is 42.6 Å². The third kappa shape index (κ3) is 4.22. The first-order chi connectivity index (χ1) is 12.4. The number of aromatic nitrogens is 1. The van der Waals surface area contributed by atoms with E-state index < -0.39 is 9.84 Å². The molecule has 3 rings (SSSR count). The Morgan fingerprint density at radius 3 is 2.69 bits per heavy atom. The number of aryl methyl sites for hydroxylation is 1. The summed E-state index contributed by atoms with van der Waals surface area (Å²) in [4.78, 5) is 18.7. The summed E-state index contributed by atoms with van der Waals surface area (Å²) in [6.45, 7) is 4.83. The Bertz CT molecular complexity index is 912. The molecule has 26 heavy (non-hydrogen) atoms. The van der Waals surface area contributed by atoms with Gasteiger partial charge in [-0.25, -0.2) is 8.42 Å². The van der Waals surface area contributed by atoms with E-state index in [2.05, 4.69) is 21.3 Å². The number of benzene rings is 1. The largest absolute Gasteiger partial charge is 0.347 e. The number of carbonyl (C=O) groups excluding carboxylic acids is 1. The van der Waals surface area contributed by atoms with Crippen LogP contribution in [-0.4, -0.2) is 43.4 Å². The van der Waals surface area contributed by atoms with Crippen LogP contribution in [0.4, 0.5) is 11.4 Å². The molecule has 1 saturated heterocycles. The Morgan fingerprint density at radius 2 is 2.04 bits per heavy atom. The van der Waals surface area contributed by atoms with Crippen molar-refractivity contribution >= 4 is 27.1 Å². The van der Waals surface area contributed by atoms with E-state index in [0.717, 1.165) is 23.5 Å². The standard InChI is InChI=1S/C19H23N3O3S/c1-3-22(16-6-4-5-14(2)11-16)17-7-9-20-18(12-17)19(23)21-15-8-10-26(24,25)13-15/h4-7,9,11-12,15H,3,8,10,13H2,1-2H3,(H,21,23). The van der Waals surface area contributed by atoms with E-state index in [1.807, 2.05) is 38.1 Å². The Morgan fingerprint density at radius 1 is 1.27 bits per heavy atom. The summed E-state index contributed by atoms with van der Waals surface area (Å²) in [7, 11) is -3.03. The van der Waals surface area contributed by atoms with E-state index in [1.165, 1.54) is 0 Å². The van der Waals surface area contributed by atoms with E-state index >= 15 is 0 Å². The molecule has 1 aliphatic heterocycles. The molecule has 1 atom stereocenters. The van der Waals surface area contributed by atoms with Crippen LogP contribution in [0, 0.1) is 6.92 Å². The van der Waals surface area contributed by atoms with Crippen LogP contribution in [0.5, 0.6) is 0 Å². The maximum Gasteiger partial charge on any atom is 0.270 e. The van der Waals surface area contributed by atoms with Crippen molar-refractivity contribution in [3.05, 3.63) is 53.9 Å². The van der Waals surface area contributed by atoms with Crippen molar-refractivity contribution < 1.29 is 13.2 Å². The van der Waals surface area contributed by atoms with Crippen molar-refractivity contribution in [2.45, 2.75) is 26.3 Å². The monoisotopic (exact) mass is 373 g/mol. The minimum absolute atomic E-state index is 0.00279. The number of hydrogen-bond donors (Lipinski definition) is 1. The van der Waals surface area contributed by atoms with Gasteiger partial charge in [0.1, 0.15) is 5.69 Å². The lowest BCUT2D eigenvalue weighted by atomic mass is 10.2. The first-order valence-corrected chi connectivity index (χ1v) is 10.5. The van der Waals surface area contributed by atoms with Crippen LogP contribution in [0.3, 0.4) is 0 Å². The number of amides is 1. The fourth-order valence-electron chi connectivity index (χ4n) is 3.19. The molecule has 1 unspecified atom stereocenters. The molecule has 1 fully saturated rings. The average molecular weight is 373 g/mol. The summed E-state index contributed by atoms with van der Waals surface area (Å²) in [5, 5.41) is 2.78. The normalized spacial score (nSPS) is 18.5. The predicted octanol–water partition coefficient (Wildman–Crippen LogP) is 2.46. The highest BCUT2D eigenvalue weighted by Crippen LogP contribution is 2.26. The molecule has 1 N–H and O–H groups in total. The third-order valence-electron chi connectivity index (χ3n) is 4.49. The van der Waals surface area contributed by atoms with Crippen molar-refractivity contribution in [2.24, 2.45) is 0 Å². The molecular formula is C19H23N3O3S. The highest BCUT2D eigenvalue weighted by molar-refractivity contribution is 7.91. The number of rotatable bonds is 5. The molecule has 0 saturated carbocycles. The number of anilines is 2. The predicted molar refractivity (Wildman–Crippen MR) is 103 cm³/mol. The van der Waals surface area contributed by atoms with Crippen LogP contribution in [-0.2, 0) is 9.84 Å². The summed E-state index contributed by atoms with van der Waals surface area (Å²) in [6, 6.07) is 11.4. The van der Waals surface area contributed by atoms with Crippen molar-refractivity contribution in [1.82, 2.24) is 10.3 Å². The van der Waals surface area contributed by atoms with Gasteiger partial charge in [0.05, 0.1) is 11.5 Å². The second kappa shape index (κ2) is 7.45. The van der Waals surface area contributed by atoms with Crippen LogP contribution in [0.1, 0.15) is 29.4 Å². The molecule has 2 heterocycles. The van der Waals surface area contributed by atoms with Gasteiger partial charge in [0.25, 0.3) is 5.91 Å². The molecule has 1 aliphatic rings. The minimum Gasteiger partial charge on any atom is -0.347 e. The third-order valence-corrected chi connectivity index (χ3v) is 6.25. The lowest BCUT2D eigenvalue weighted by Crippen LogP contribution is -2.36. The Hall–Kier alpha value is -2.41. The van der Waals surface area contributed by atoms with E-state index in [-0.39, 0.29) is 29.1 Å². The average Bonchev–Trinajstić information content (AvgIpc) is 2.94. The zero-order valence-corrected chi connectivity index (χ0v) is 15.8. The number of sulfone groups is 1. The van der Waals surface area contributed by atoms with Crippen molar-refractivity contribution in [1.29, 1.82) is 0 Å². The first kappa shape index (κ1) is 18.4. The maximum absolute atomic E-state index is 12.5. The lowest BCUT2D eigenvalue weighted by molar-refractivity contribution is 0.0936. The molecule has 138 valence electrons. The minimum atomic E-state index is -3.03. The van der Waals surface area contributed by atoms with E-state index in [1.54, 1.807) is 12.3 Å². The highest BCUT2D eigenvalue weighted by Gasteiger charge is 2.29. The molecule has 6 nitrogen and oxygen atoms in total. The van der Waals surface area contributed by atoms with E-state index in [9.17, 15) is 13.2 Å². The molecule has 1 aromatic carbocycles. The molecule has 1 amide bonds. The van der Waals surface area contributed by atoms with Gasteiger partial charge in [-0.1, -0.05) is 12.1 Å². The lowest BCUT2D eigenvalue weighted by Gasteiger charge is -2.24. The number of nitrogens with zero attached hydrogens (tertiary/aromatic N) is 2. The van der Waals surface area contributed by atoms with Crippen LogP contribution < -0.4 is 10.2 Å². The van der Waals surface area contributed by atoms with Gasteiger partial charge in [0, 0.05) is 30.2 Å². The topological polar surface area (TPSA) is 79.4 Å². The zero-order chi connectivity index (χ0) is 18.7. The van der Waals surface area contributed by atoms with Crippen LogP contribution >= 0.6 is 0 Å². The number of pyridine rings is 1. The second-order valence-electron chi connectivity index (χ2n) is 6.56. The maximum atomic E-state index is 12.5. The van der Waals surface area contributed by atoms with Crippen molar-refractivity contribution in [2.75, 3.05) is 23.0 Å². The van der Waals surface area contributed by atoms with E-state index in [4.69, 9.17) is 0 Å². The van der Waals surface area contributed by atoms with Gasteiger partial charge in [-0.2, -0.15) is 0 Å². The number of nitrogens with one attached hydrogen (secondary N) is 1. The summed E-state index contributed by atoms with van der Waals surface area (Å²) >= 11 is 0. The number of hydrogen-bond acceptors (Lipinski definition) is 5. The summed E-state index contributed by atoms with van der Waals surface area (Å²) in [6.07, 6.45) is 2.06. The molecule has 0 spiro atoms. The van der Waals surface area contributed by atoms with Gasteiger partial charge >= 0.3 is 0 Å². The highest BCUT2D eigenvalue weighted by atomic mass is 32.2. The zero-order valence-electron chi connectivity index (χ0n) is 15.0. The van der Waals surface area contributed by atoms with Gasteiger partial charge in [-0.15, -0.1) is 0 Å². The van der Waals surface area contributed by atoms with Gasteiger partial charge in [0.15, 0.2) is 9.84 Å².